The number of hydrogen-bond acceptors (Lipinski definition) is 7. The van der Waals surface area contributed by atoms with Gasteiger partial charge < -0.3 is 10.1 Å². The van der Waals surface area contributed by atoms with E-state index >= 15 is 0 Å². The first-order chi connectivity index (χ1) is 14.5. The molecule has 0 atom stereocenters. The summed E-state index contributed by atoms with van der Waals surface area (Å²) in [5.41, 5.74) is 2.62. The Bertz CT molecular complexity index is 1250. The smallest absolute Gasteiger partial charge is 0.341 e. The quantitative estimate of drug-likeness (QED) is 0.421. The lowest BCUT2D eigenvalue weighted by molar-refractivity contribution is 0.0529. The molecule has 3 aromatic heterocycles. The molecular formula is C20H16BrN5O3S. The minimum Gasteiger partial charge on any atom is -0.462 e. The molecule has 1 N–H and O–H groups in total. The molecule has 0 radical (unpaired) electrons. The number of thiophene rings is 1. The van der Waals surface area contributed by atoms with Crippen molar-refractivity contribution in [3.8, 4) is 11.1 Å². The lowest BCUT2D eigenvalue weighted by Gasteiger charge is -2.08. The Kier molecular flexibility index (Phi) is 5.60. The third-order valence-corrected chi connectivity index (χ3v) is 5.71. The molecule has 0 aliphatic heterocycles. The van der Waals surface area contributed by atoms with Crippen molar-refractivity contribution in [1.82, 2.24) is 19.6 Å². The summed E-state index contributed by atoms with van der Waals surface area (Å²) in [4.78, 5) is 33.7. The summed E-state index contributed by atoms with van der Waals surface area (Å²) in [6.07, 6.45) is 1.60. The van der Waals surface area contributed by atoms with E-state index in [4.69, 9.17) is 4.74 Å². The van der Waals surface area contributed by atoms with Gasteiger partial charge in [0.25, 0.3) is 11.7 Å². The second-order valence-corrected chi connectivity index (χ2v) is 8.06. The highest BCUT2D eigenvalue weighted by molar-refractivity contribution is 9.10. The number of aryl methyl sites for hydroxylation is 1. The molecule has 0 aliphatic rings. The zero-order valence-electron chi connectivity index (χ0n) is 16.0. The second kappa shape index (κ2) is 8.33. The fourth-order valence-corrected chi connectivity index (χ4v) is 4.08. The van der Waals surface area contributed by atoms with E-state index in [2.05, 4.69) is 36.3 Å². The molecule has 10 heteroatoms. The van der Waals surface area contributed by atoms with E-state index in [0.29, 0.717) is 21.9 Å². The van der Waals surface area contributed by atoms with Crippen molar-refractivity contribution < 1.29 is 14.3 Å². The molecule has 0 bridgehead atoms. The van der Waals surface area contributed by atoms with Gasteiger partial charge in [-0.2, -0.15) is 4.98 Å². The molecule has 4 rings (SSSR count). The SMILES string of the molecule is CCOC(=O)c1c(-c2ccc(Br)cc2)csc1NC(=O)c1nc2nccc(C)n2n1. The molecule has 0 spiro atoms. The number of halogens is 1. The fraction of sp³-hybridized carbons (Fsp3) is 0.150. The van der Waals surface area contributed by atoms with E-state index in [9.17, 15) is 9.59 Å². The zero-order valence-corrected chi connectivity index (χ0v) is 18.5. The molecule has 1 amide bonds. The maximum absolute atomic E-state index is 12.8. The molecule has 3 heterocycles. The highest BCUT2D eigenvalue weighted by Gasteiger charge is 2.24. The minimum atomic E-state index is -0.533. The fourth-order valence-electron chi connectivity index (χ4n) is 2.86. The summed E-state index contributed by atoms with van der Waals surface area (Å²) in [6, 6.07) is 9.31. The van der Waals surface area contributed by atoms with Crippen molar-refractivity contribution in [2.75, 3.05) is 11.9 Å². The largest absolute Gasteiger partial charge is 0.462 e. The van der Waals surface area contributed by atoms with Crippen molar-refractivity contribution in [3.63, 3.8) is 0 Å². The molecule has 30 heavy (non-hydrogen) atoms. The van der Waals surface area contributed by atoms with Gasteiger partial charge in [0.1, 0.15) is 10.6 Å². The third kappa shape index (κ3) is 3.83. The number of ether oxygens (including phenoxy) is 1. The van der Waals surface area contributed by atoms with E-state index in [-0.39, 0.29) is 12.4 Å². The van der Waals surface area contributed by atoms with Crippen LogP contribution in [0, 0.1) is 6.92 Å². The topological polar surface area (TPSA) is 98.5 Å². The molecule has 0 fully saturated rings. The van der Waals surface area contributed by atoms with Crippen LogP contribution in [0.1, 0.15) is 33.6 Å². The van der Waals surface area contributed by atoms with Crippen molar-refractivity contribution in [2.45, 2.75) is 13.8 Å². The highest BCUT2D eigenvalue weighted by Crippen LogP contribution is 2.36. The van der Waals surface area contributed by atoms with E-state index in [1.807, 2.05) is 36.6 Å². The summed E-state index contributed by atoms with van der Waals surface area (Å²) in [5.74, 6) is -0.750. The molecule has 0 saturated carbocycles. The summed E-state index contributed by atoms with van der Waals surface area (Å²) in [6.45, 7) is 3.80. The second-order valence-electron chi connectivity index (χ2n) is 6.27. The molecule has 4 aromatic rings. The molecule has 0 aliphatic carbocycles. The number of carbonyl (C=O) groups is 2. The Morgan fingerprint density at radius 2 is 2.00 bits per heavy atom. The van der Waals surface area contributed by atoms with Crippen LogP contribution in [0.15, 0.2) is 46.4 Å². The van der Waals surface area contributed by atoms with Crippen molar-refractivity contribution in [3.05, 3.63) is 63.5 Å². The van der Waals surface area contributed by atoms with Crippen LogP contribution < -0.4 is 5.32 Å². The van der Waals surface area contributed by atoms with E-state index < -0.39 is 11.9 Å². The minimum absolute atomic E-state index is 0.0369. The Balaban J connectivity index is 1.70. The van der Waals surface area contributed by atoms with Crippen LogP contribution in [0.5, 0.6) is 0 Å². The molecule has 8 nitrogen and oxygen atoms in total. The number of amides is 1. The van der Waals surface area contributed by atoms with Gasteiger partial charge in [-0.05, 0) is 37.6 Å². The van der Waals surface area contributed by atoms with Crippen molar-refractivity contribution >= 4 is 49.9 Å². The van der Waals surface area contributed by atoms with Gasteiger partial charge in [-0.15, -0.1) is 16.4 Å². The summed E-state index contributed by atoms with van der Waals surface area (Å²) in [7, 11) is 0. The predicted octanol–water partition coefficient (Wildman–Crippen LogP) is 4.35. The number of hydrogen-bond donors (Lipinski definition) is 1. The number of nitrogens with one attached hydrogen (secondary N) is 1. The van der Waals surface area contributed by atoms with Gasteiger partial charge in [0.2, 0.25) is 5.82 Å². The average molecular weight is 486 g/mol. The number of nitrogens with zero attached hydrogens (tertiary/aromatic N) is 4. The number of aromatic nitrogens is 4. The lowest BCUT2D eigenvalue weighted by atomic mass is 10.0. The molecular weight excluding hydrogens is 470 g/mol. The Morgan fingerprint density at radius 1 is 1.23 bits per heavy atom. The molecule has 0 saturated heterocycles. The van der Waals surface area contributed by atoms with Crippen LogP contribution >= 0.6 is 27.3 Å². The van der Waals surface area contributed by atoms with Gasteiger partial charge in [0.15, 0.2) is 0 Å². The van der Waals surface area contributed by atoms with Gasteiger partial charge in [-0.25, -0.2) is 14.3 Å². The first-order valence-electron chi connectivity index (χ1n) is 9.02. The van der Waals surface area contributed by atoms with Gasteiger partial charge in [0, 0.05) is 27.3 Å². The third-order valence-electron chi connectivity index (χ3n) is 4.29. The Hall–Kier alpha value is -3.11. The number of anilines is 1. The standard InChI is InChI=1S/C20H16BrN5O3S/c1-3-29-19(28)15-14(12-4-6-13(21)7-5-12)10-30-18(15)24-17(27)16-23-20-22-9-8-11(2)26(20)25-16/h4-10H,3H2,1-2H3,(H,24,27). The maximum Gasteiger partial charge on any atom is 0.341 e. The average Bonchev–Trinajstić information content (AvgIpc) is 3.34. The van der Waals surface area contributed by atoms with Crippen LogP contribution in [0.4, 0.5) is 5.00 Å². The van der Waals surface area contributed by atoms with E-state index in [1.165, 1.54) is 15.9 Å². The summed E-state index contributed by atoms with van der Waals surface area (Å²) < 4.78 is 7.64. The number of fused-ring (bicyclic) bond motifs is 1. The monoisotopic (exact) mass is 485 g/mol. The Morgan fingerprint density at radius 3 is 2.70 bits per heavy atom. The van der Waals surface area contributed by atoms with Gasteiger partial charge >= 0.3 is 5.97 Å². The summed E-state index contributed by atoms with van der Waals surface area (Å²) in [5, 5.41) is 9.15. The lowest BCUT2D eigenvalue weighted by Crippen LogP contribution is -2.16. The number of carbonyl (C=O) groups excluding carboxylic acids is 2. The molecule has 0 unspecified atom stereocenters. The maximum atomic E-state index is 12.8. The van der Waals surface area contributed by atoms with Gasteiger partial charge in [-0.1, -0.05) is 28.1 Å². The highest BCUT2D eigenvalue weighted by atomic mass is 79.9. The van der Waals surface area contributed by atoms with Crippen LogP contribution in [-0.2, 0) is 4.74 Å². The van der Waals surface area contributed by atoms with Crippen molar-refractivity contribution in [2.24, 2.45) is 0 Å². The van der Waals surface area contributed by atoms with Gasteiger partial charge in [0.05, 0.1) is 6.61 Å². The normalized spacial score (nSPS) is 10.9. The van der Waals surface area contributed by atoms with Gasteiger partial charge in [-0.3, -0.25) is 4.79 Å². The number of benzene rings is 1. The van der Waals surface area contributed by atoms with Crippen LogP contribution in [0.25, 0.3) is 16.9 Å². The zero-order chi connectivity index (χ0) is 21.3. The van der Waals surface area contributed by atoms with Crippen LogP contribution in [0.2, 0.25) is 0 Å². The first-order valence-corrected chi connectivity index (χ1v) is 10.7. The number of rotatable bonds is 5. The van der Waals surface area contributed by atoms with Crippen LogP contribution in [0.3, 0.4) is 0 Å². The van der Waals surface area contributed by atoms with E-state index in [0.717, 1.165) is 15.7 Å². The number of esters is 1. The Labute approximate surface area is 184 Å². The summed E-state index contributed by atoms with van der Waals surface area (Å²) >= 11 is 4.65. The molecule has 152 valence electrons. The molecule has 1 aromatic carbocycles. The van der Waals surface area contributed by atoms with E-state index in [1.54, 1.807) is 19.2 Å². The van der Waals surface area contributed by atoms with Crippen LogP contribution in [-0.4, -0.2) is 38.1 Å². The van der Waals surface area contributed by atoms with Crippen molar-refractivity contribution in [1.29, 1.82) is 0 Å². The first kappa shape index (κ1) is 20.2. The predicted molar refractivity (Wildman–Crippen MR) is 117 cm³/mol.